The van der Waals surface area contributed by atoms with Gasteiger partial charge in [-0.3, -0.25) is 9.59 Å². The van der Waals surface area contributed by atoms with Crippen LogP contribution in [0, 0.1) is 0 Å². The summed E-state index contributed by atoms with van der Waals surface area (Å²) in [6, 6.07) is 6.40. The number of carbonyl (C=O) groups excluding carboxylic acids is 2. The topological polar surface area (TPSA) is 75.4 Å². The molecule has 0 bridgehead atoms. The lowest BCUT2D eigenvalue weighted by Crippen LogP contribution is -2.50. The maximum Gasteiger partial charge on any atom is 0.243 e. The van der Waals surface area contributed by atoms with Crippen LogP contribution in [0.2, 0.25) is 5.02 Å². The number of benzene rings is 1. The summed E-state index contributed by atoms with van der Waals surface area (Å²) in [5.41, 5.74) is 6.74. The van der Waals surface area contributed by atoms with Crippen molar-refractivity contribution in [2.45, 2.75) is 44.8 Å². The van der Waals surface area contributed by atoms with Crippen molar-refractivity contribution in [1.29, 1.82) is 0 Å². The van der Waals surface area contributed by atoms with Gasteiger partial charge < -0.3 is 16.0 Å². The van der Waals surface area contributed by atoms with Crippen LogP contribution in [-0.2, 0) is 16.1 Å². The molecule has 1 aromatic rings. The van der Waals surface area contributed by atoms with Crippen molar-refractivity contribution in [3.63, 3.8) is 0 Å². The van der Waals surface area contributed by atoms with Crippen LogP contribution in [0.1, 0.15) is 31.7 Å². The molecular formula is C16H22ClN3O2. The maximum absolute atomic E-state index is 12.4. The monoisotopic (exact) mass is 323 g/mol. The van der Waals surface area contributed by atoms with Gasteiger partial charge in [-0.2, -0.15) is 0 Å². The first-order valence-electron chi connectivity index (χ1n) is 7.61. The Morgan fingerprint density at radius 2 is 2.27 bits per heavy atom. The van der Waals surface area contributed by atoms with Gasteiger partial charge in [0, 0.05) is 18.1 Å². The molecule has 0 spiro atoms. The number of nitrogens with zero attached hydrogens (tertiary/aromatic N) is 1. The van der Waals surface area contributed by atoms with E-state index in [0.29, 0.717) is 31.0 Å². The molecule has 120 valence electrons. The van der Waals surface area contributed by atoms with Crippen LogP contribution in [0.25, 0.3) is 0 Å². The van der Waals surface area contributed by atoms with Gasteiger partial charge in [0.1, 0.15) is 6.04 Å². The summed E-state index contributed by atoms with van der Waals surface area (Å²) in [5.74, 6) is -0.267. The predicted molar refractivity (Wildman–Crippen MR) is 86.3 cm³/mol. The van der Waals surface area contributed by atoms with Crippen LogP contribution in [0.3, 0.4) is 0 Å². The zero-order valence-electron chi connectivity index (χ0n) is 12.7. The molecule has 0 aliphatic carbocycles. The van der Waals surface area contributed by atoms with Crippen molar-refractivity contribution < 1.29 is 9.59 Å². The summed E-state index contributed by atoms with van der Waals surface area (Å²) in [5, 5.41) is 3.51. The van der Waals surface area contributed by atoms with Gasteiger partial charge in [0.05, 0.1) is 6.04 Å². The van der Waals surface area contributed by atoms with Gasteiger partial charge in [-0.05, 0) is 37.0 Å². The van der Waals surface area contributed by atoms with Crippen LogP contribution in [0.5, 0.6) is 0 Å². The van der Waals surface area contributed by atoms with E-state index in [9.17, 15) is 9.59 Å². The van der Waals surface area contributed by atoms with Gasteiger partial charge in [-0.1, -0.05) is 30.7 Å². The highest BCUT2D eigenvalue weighted by Crippen LogP contribution is 2.19. The second kappa shape index (κ2) is 7.61. The maximum atomic E-state index is 12.4. The van der Waals surface area contributed by atoms with Crippen LogP contribution < -0.4 is 11.1 Å². The Bertz CT molecular complexity index is 550. The normalized spacial score (nSPS) is 19.0. The fraction of sp³-hybridized carbons (Fsp3) is 0.500. The van der Waals surface area contributed by atoms with Crippen molar-refractivity contribution >= 4 is 23.4 Å². The predicted octanol–water partition coefficient (Wildman–Crippen LogP) is 1.68. The number of halogens is 1. The lowest BCUT2D eigenvalue weighted by Gasteiger charge is -2.26. The molecule has 2 amide bonds. The quantitative estimate of drug-likeness (QED) is 0.865. The second-order valence-electron chi connectivity index (χ2n) is 5.55. The summed E-state index contributed by atoms with van der Waals surface area (Å²) in [7, 11) is 0. The molecular weight excluding hydrogens is 302 g/mol. The van der Waals surface area contributed by atoms with Gasteiger partial charge in [0.25, 0.3) is 0 Å². The van der Waals surface area contributed by atoms with E-state index in [1.165, 1.54) is 0 Å². The smallest absolute Gasteiger partial charge is 0.243 e. The van der Waals surface area contributed by atoms with Gasteiger partial charge in [-0.25, -0.2) is 0 Å². The first-order valence-corrected chi connectivity index (χ1v) is 7.99. The molecule has 22 heavy (non-hydrogen) atoms. The van der Waals surface area contributed by atoms with Crippen molar-refractivity contribution in [3.8, 4) is 0 Å². The van der Waals surface area contributed by atoms with Gasteiger partial charge in [0.2, 0.25) is 11.8 Å². The van der Waals surface area contributed by atoms with E-state index in [1.54, 1.807) is 11.0 Å². The summed E-state index contributed by atoms with van der Waals surface area (Å²) in [6.45, 7) is 2.87. The molecule has 1 aliphatic heterocycles. The lowest BCUT2D eigenvalue weighted by atomic mass is 10.1. The van der Waals surface area contributed by atoms with Crippen LogP contribution in [-0.4, -0.2) is 35.3 Å². The molecule has 1 saturated heterocycles. The molecule has 2 rings (SSSR count). The molecule has 1 heterocycles. The van der Waals surface area contributed by atoms with Crippen molar-refractivity contribution in [2.75, 3.05) is 6.54 Å². The standard InChI is InChI=1S/C16H22ClN3O2/c1-2-13(18)16(22)20-8-4-7-14(20)15(21)19-10-11-5-3-6-12(17)9-11/h3,5-6,9,13-14H,2,4,7-8,10,18H2,1H3,(H,19,21)/t13-,14?/m1/s1. The first kappa shape index (κ1) is 16.8. The number of rotatable bonds is 5. The van der Waals surface area contributed by atoms with Crippen LogP contribution >= 0.6 is 11.6 Å². The largest absolute Gasteiger partial charge is 0.350 e. The summed E-state index contributed by atoms with van der Waals surface area (Å²) < 4.78 is 0. The van der Waals surface area contributed by atoms with E-state index in [2.05, 4.69) is 5.32 Å². The minimum Gasteiger partial charge on any atom is -0.350 e. The van der Waals surface area contributed by atoms with Gasteiger partial charge in [0.15, 0.2) is 0 Å². The SMILES string of the molecule is CC[C@@H](N)C(=O)N1CCCC1C(=O)NCc1cccc(Cl)c1. The Labute approximate surface area is 135 Å². The van der Waals surface area contributed by atoms with E-state index < -0.39 is 12.1 Å². The molecule has 1 fully saturated rings. The fourth-order valence-corrected chi connectivity index (χ4v) is 2.86. The van der Waals surface area contributed by atoms with E-state index >= 15 is 0 Å². The zero-order chi connectivity index (χ0) is 16.1. The number of nitrogens with two attached hydrogens (primary N) is 1. The van der Waals surface area contributed by atoms with E-state index in [0.717, 1.165) is 12.0 Å². The second-order valence-corrected chi connectivity index (χ2v) is 5.99. The third-order valence-electron chi connectivity index (χ3n) is 3.95. The summed E-state index contributed by atoms with van der Waals surface area (Å²) >= 11 is 5.92. The van der Waals surface area contributed by atoms with Gasteiger partial charge in [-0.15, -0.1) is 0 Å². The molecule has 2 atom stereocenters. The number of hydrogen-bond acceptors (Lipinski definition) is 3. The minimum atomic E-state index is -0.527. The first-order chi connectivity index (χ1) is 10.5. The Morgan fingerprint density at radius 3 is 2.95 bits per heavy atom. The van der Waals surface area contributed by atoms with Crippen molar-refractivity contribution in [3.05, 3.63) is 34.9 Å². The van der Waals surface area contributed by atoms with Crippen molar-refractivity contribution in [2.24, 2.45) is 5.73 Å². The molecule has 5 nitrogen and oxygen atoms in total. The molecule has 3 N–H and O–H groups in total. The Hall–Kier alpha value is -1.59. The minimum absolute atomic E-state index is 0.130. The third kappa shape index (κ3) is 3.99. The highest BCUT2D eigenvalue weighted by atomic mass is 35.5. The van der Waals surface area contributed by atoms with Gasteiger partial charge >= 0.3 is 0 Å². The average molecular weight is 324 g/mol. The number of carbonyl (C=O) groups is 2. The molecule has 0 radical (unpaired) electrons. The number of likely N-dealkylation sites (tertiary alicyclic amines) is 1. The molecule has 1 unspecified atom stereocenters. The summed E-state index contributed by atoms with van der Waals surface area (Å²) in [4.78, 5) is 26.2. The Kier molecular flexibility index (Phi) is 5.80. The average Bonchev–Trinajstić information content (AvgIpc) is 3.00. The van der Waals surface area contributed by atoms with Crippen molar-refractivity contribution in [1.82, 2.24) is 10.2 Å². The van der Waals surface area contributed by atoms with E-state index in [1.807, 2.05) is 25.1 Å². The molecule has 1 aromatic carbocycles. The van der Waals surface area contributed by atoms with E-state index in [-0.39, 0.29) is 11.8 Å². The highest BCUT2D eigenvalue weighted by molar-refractivity contribution is 6.30. The lowest BCUT2D eigenvalue weighted by molar-refractivity contribution is -0.139. The number of amides is 2. The zero-order valence-corrected chi connectivity index (χ0v) is 13.5. The fourth-order valence-electron chi connectivity index (χ4n) is 2.64. The van der Waals surface area contributed by atoms with E-state index in [4.69, 9.17) is 17.3 Å². The third-order valence-corrected chi connectivity index (χ3v) is 4.19. The Balaban J connectivity index is 1.95. The number of hydrogen-bond donors (Lipinski definition) is 2. The molecule has 1 aliphatic rings. The summed E-state index contributed by atoms with van der Waals surface area (Å²) in [6.07, 6.45) is 2.09. The number of nitrogens with one attached hydrogen (secondary N) is 1. The Morgan fingerprint density at radius 1 is 1.50 bits per heavy atom. The highest BCUT2D eigenvalue weighted by Gasteiger charge is 2.35. The molecule has 6 heteroatoms. The molecule has 0 aromatic heterocycles. The van der Waals surface area contributed by atoms with Crippen LogP contribution in [0.4, 0.5) is 0 Å². The molecule has 0 saturated carbocycles. The van der Waals surface area contributed by atoms with Crippen LogP contribution in [0.15, 0.2) is 24.3 Å².